The summed E-state index contributed by atoms with van der Waals surface area (Å²) < 4.78 is 0. The van der Waals surface area contributed by atoms with Crippen LogP contribution in [-0.2, 0) is 0 Å². The van der Waals surface area contributed by atoms with Gasteiger partial charge in [-0.3, -0.25) is 4.98 Å². The molecule has 76 valence electrons. The average molecular weight is 206 g/mol. The van der Waals surface area contributed by atoms with Crippen LogP contribution in [0.3, 0.4) is 0 Å². The summed E-state index contributed by atoms with van der Waals surface area (Å²) in [4.78, 5) is 4.00. The maximum atomic E-state index is 9.09. The van der Waals surface area contributed by atoms with Gasteiger partial charge in [0, 0.05) is 18.0 Å². The van der Waals surface area contributed by atoms with Gasteiger partial charge >= 0.3 is 0 Å². The number of aromatic nitrogens is 1. The molecule has 0 unspecified atom stereocenters. The van der Waals surface area contributed by atoms with E-state index in [1.54, 1.807) is 12.4 Å². The number of hydrogen-bond donors (Lipinski definition) is 0. The van der Waals surface area contributed by atoms with E-state index in [1.807, 2.05) is 48.5 Å². The van der Waals surface area contributed by atoms with Crippen molar-refractivity contribution in [1.29, 1.82) is 5.26 Å². The van der Waals surface area contributed by atoms with Gasteiger partial charge < -0.3 is 0 Å². The Labute approximate surface area is 94.5 Å². The standard InChI is InChI=1S/C14H10N2/c15-10-14(13-7-4-8-16-11-13)9-12-5-2-1-3-6-12/h1-9,11H. The lowest BCUT2D eigenvalue weighted by Crippen LogP contribution is -1.82. The van der Waals surface area contributed by atoms with E-state index in [0.29, 0.717) is 5.57 Å². The fourth-order valence-electron chi connectivity index (χ4n) is 1.42. The molecule has 2 rings (SSSR count). The molecule has 2 nitrogen and oxygen atoms in total. The third-order valence-corrected chi connectivity index (χ3v) is 2.20. The van der Waals surface area contributed by atoms with Crippen LogP contribution in [-0.4, -0.2) is 4.98 Å². The van der Waals surface area contributed by atoms with Crippen molar-refractivity contribution >= 4 is 11.6 Å². The molecule has 0 radical (unpaired) electrons. The van der Waals surface area contributed by atoms with Crippen molar-refractivity contribution in [2.75, 3.05) is 0 Å². The molecule has 0 saturated heterocycles. The summed E-state index contributed by atoms with van der Waals surface area (Å²) in [5, 5.41) is 9.09. The molecule has 0 atom stereocenters. The zero-order chi connectivity index (χ0) is 11.2. The van der Waals surface area contributed by atoms with Gasteiger partial charge in [0.2, 0.25) is 0 Å². The minimum Gasteiger partial charge on any atom is -0.264 e. The maximum Gasteiger partial charge on any atom is 0.0998 e. The van der Waals surface area contributed by atoms with Gasteiger partial charge in [-0.25, -0.2) is 0 Å². The average Bonchev–Trinajstić information content (AvgIpc) is 2.38. The first-order valence-corrected chi connectivity index (χ1v) is 4.97. The molecule has 1 aromatic heterocycles. The van der Waals surface area contributed by atoms with Crippen LogP contribution >= 0.6 is 0 Å². The lowest BCUT2D eigenvalue weighted by Gasteiger charge is -1.98. The molecule has 0 aliphatic rings. The Hall–Kier alpha value is -2.40. The monoisotopic (exact) mass is 206 g/mol. The second-order valence-electron chi connectivity index (χ2n) is 3.32. The molecule has 1 aromatic carbocycles. The minimum absolute atomic E-state index is 0.624. The van der Waals surface area contributed by atoms with Gasteiger partial charge in [0.25, 0.3) is 0 Å². The number of allylic oxidation sites excluding steroid dienone is 1. The van der Waals surface area contributed by atoms with Crippen molar-refractivity contribution in [1.82, 2.24) is 4.98 Å². The predicted octanol–water partition coefficient (Wildman–Crippen LogP) is 3.15. The van der Waals surface area contributed by atoms with Crippen LogP contribution in [0, 0.1) is 11.3 Å². The molecule has 0 saturated carbocycles. The molecule has 0 aliphatic heterocycles. The quantitative estimate of drug-likeness (QED) is 0.708. The van der Waals surface area contributed by atoms with Crippen LogP contribution < -0.4 is 0 Å². The Balaban J connectivity index is 2.39. The number of benzene rings is 1. The SMILES string of the molecule is N#CC(=Cc1ccccc1)c1cccnc1. The summed E-state index contributed by atoms with van der Waals surface area (Å²) >= 11 is 0. The highest BCUT2D eigenvalue weighted by Crippen LogP contribution is 2.15. The highest BCUT2D eigenvalue weighted by molar-refractivity contribution is 5.89. The van der Waals surface area contributed by atoms with Gasteiger partial charge in [0.15, 0.2) is 0 Å². The molecule has 2 heteroatoms. The fraction of sp³-hybridized carbons (Fsp3) is 0. The van der Waals surface area contributed by atoms with E-state index in [1.165, 1.54) is 0 Å². The van der Waals surface area contributed by atoms with E-state index < -0.39 is 0 Å². The van der Waals surface area contributed by atoms with Crippen LogP contribution in [0.5, 0.6) is 0 Å². The van der Waals surface area contributed by atoms with Crippen molar-refractivity contribution in [2.24, 2.45) is 0 Å². The summed E-state index contributed by atoms with van der Waals surface area (Å²) in [6.45, 7) is 0. The smallest absolute Gasteiger partial charge is 0.0998 e. The first-order valence-electron chi connectivity index (χ1n) is 4.97. The molecule has 0 bridgehead atoms. The maximum absolute atomic E-state index is 9.09. The zero-order valence-electron chi connectivity index (χ0n) is 8.67. The van der Waals surface area contributed by atoms with Crippen LogP contribution in [0.4, 0.5) is 0 Å². The summed E-state index contributed by atoms with van der Waals surface area (Å²) in [7, 11) is 0. The third-order valence-electron chi connectivity index (χ3n) is 2.20. The molecule has 1 heterocycles. The minimum atomic E-state index is 0.624. The van der Waals surface area contributed by atoms with E-state index in [4.69, 9.17) is 5.26 Å². The Bertz CT molecular complexity index is 522. The van der Waals surface area contributed by atoms with E-state index in [0.717, 1.165) is 11.1 Å². The number of nitrogens with zero attached hydrogens (tertiary/aromatic N) is 2. The van der Waals surface area contributed by atoms with E-state index >= 15 is 0 Å². The Morgan fingerprint density at radius 2 is 1.94 bits per heavy atom. The van der Waals surface area contributed by atoms with Gasteiger partial charge in [-0.05, 0) is 17.7 Å². The highest BCUT2D eigenvalue weighted by atomic mass is 14.6. The lowest BCUT2D eigenvalue weighted by atomic mass is 10.1. The van der Waals surface area contributed by atoms with Crippen molar-refractivity contribution in [3.05, 3.63) is 66.0 Å². The highest BCUT2D eigenvalue weighted by Gasteiger charge is 1.99. The summed E-state index contributed by atoms with van der Waals surface area (Å²) in [5.41, 5.74) is 2.48. The number of nitriles is 1. The predicted molar refractivity (Wildman–Crippen MR) is 64.2 cm³/mol. The van der Waals surface area contributed by atoms with Crippen LogP contribution in [0.15, 0.2) is 54.9 Å². The first-order chi connectivity index (χ1) is 7.90. The van der Waals surface area contributed by atoms with Gasteiger partial charge in [0.1, 0.15) is 0 Å². The van der Waals surface area contributed by atoms with E-state index in [-0.39, 0.29) is 0 Å². The van der Waals surface area contributed by atoms with E-state index in [2.05, 4.69) is 11.1 Å². The second kappa shape index (κ2) is 4.90. The molecule has 0 aliphatic carbocycles. The molecule has 16 heavy (non-hydrogen) atoms. The first kappa shape index (κ1) is 10.1. The van der Waals surface area contributed by atoms with E-state index in [9.17, 15) is 0 Å². The molecule has 2 aromatic rings. The number of rotatable bonds is 2. The molecular formula is C14H10N2. The van der Waals surface area contributed by atoms with Crippen molar-refractivity contribution in [2.45, 2.75) is 0 Å². The van der Waals surface area contributed by atoms with Crippen molar-refractivity contribution < 1.29 is 0 Å². The number of hydrogen-bond acceptors (Lipinski definition) is 2. The van der Waals surface area contributed by atoms with Crippen LogP contribution in [0.1, 0.15) is 11.1 Å². The van der Waals surface area contributed by atoms with Crippen LogP contribution in [0.2, 0.25) is 0 Å². The normalized spacial score (nSPS) is 10.8. The molecule has 0 spiro atoms. The summed E-state index contributed by atoms with van der Waals surface area (Å²) in [5.74, 6) is 0. The molecular weight excluding hydrogens is 196 g/mol. The molecule has 0 amide bonds. The second-order valence-corrected chi connectivity index (χ2v) is 3.32. The Morgan fingerprint density at radius 3 is 2.56 bits per heavy atom. The van der Waals surface area contributed by atoms with Gasteiger partial charge in [-0.1, -0.05) is 36.4 Å². The number of pyridine rings is 1. The lowest BCUT2D eigenvalue weighted by molar-refractivity contribution is 1.31. The summed E-state index contributed by atoms with van der Waals surface area (Å²) in [6, 6.07) is 15.7. The Kier molecular flexibility index (Phi) is 3.10. The third kappa shape index (κ3) is 2.34. The van der Waals surface area contributed by atoms with Gasteiger partial charge in [-0.2, -0.15) is 5.26 Å². The Morgan fingerprint density at radius 1 is 1.12 bits per heavy atom. The summed E-state index contributed by atoms with van der Waals surface area (Å²) in [6.07, 6.45) is 5.25. The topological polar surface area (TPSA) is 36.7 Å². The zero-order valence-corrected chi connectivity index (χ0v) is 8.67. The van der Waals surface area contributed by atoms with Gasteiger partial charge in [-0.15, -0.1) is 0 Å². The van der Waals surface area contributed by atoms with Crippen LogP contribution in [0.25, 0.3) is 11.6 Å². The van der Waals surface area contributed by atoms with Crippen molar-refractivity contribution in [3.8, 4) is 6.07 Å². The molecule has 0 fully saturated rings. The van der Waals surface area contributed by atoms with Gasteiger partial charge in [0.05, 0.1) is 11.6 Å². The largest absolute Gasteiger partial charge is 0.264 e. The fourth-order valence-corrected chi connectivity index (χ4v) is 1.42. The van der Waals surface area contributed by atoms with Crippen molar-refractivity contribution in [3.63, 3.8) is 0 Å². The molecule has 0 N–H and O–H groups in total.